The molecule has 144 valence electrons. The fourth-order valence-corrected chi connectivity index (χ4v) is 4.74. The van der Waals surface area contributed by atoms with Crippen LogP contribution in [0.1, 0.15) is 49.2 Å². The van der Waals surface area contributed by atoms with Crippen LogP contribution in [0.25, 0.3) is 0 Å². The van der Waals surface area contributed by atoms with Gasteiger partial charge in [-0.25, -0.2) is 0 Å². The molecule has 4 heterocycles. The summed E-state index contributed by atoms with van der Waals surface area (Å²) in [5.74, 6) is 2.28. The maximum absolute atomic E-state index is 12.8. The van der Waals surface area contributed by atoms with Gasteiger partial charge in [-0.2, -0.15) is 0 Å². The van der Waals surface area contributed by atoms with Crippen LogP contribution in [0, 0.1) is 6.92 Å². The molecule has 0 radical (unpaired) electrons. The summed E-state index contributed by atoms with van der Waals surface area (Å²) in [6.45, 7) is 5.69. The average molecular weight is 367 g/mol. The Kier molecular flexibility index (Phi) is 5.30. The zero-order chi connectivity index (χ0) is 18.7. The van der Waals surface area contributed by atoms with Crippen LogP contribution in [0.15, 0.2) is 41.1 Å². The smallest absolute Gasteiger partial charge is 0.222 e. The predicted octanol–water partition coefficient (Wildman–Crippen LogP) is 3.57. The van der Waals surface area contributed by atoms with E-state index in [1.165, 1.54) is 19.3 Å². The molecule has 2 aliphatic rings. The molecular formula is C22H29N3O2. The number of carbonyl (C=O) groups is 1. The Labute approximate surface area is 161 Å². The Hall–Kier alpha value is -2.14. The van der Waals surface area contributed by atoms with Crippen molar-refractivity contribution < 1.29 is 9.21 Å². The standard InChI is InChI=1S/C22H29N3O2/c1-18-6-8-20(27-18)16-25-14-4-11-22(25)10-3-13-24(17-22)21(26)9-7-19-5-2-12-23-15-19/h2,5-6,8,12,15H,3-4,7,9-11,13-14,16-17H2,1H3/t22-/m0/s1. The summed E-state index contributed by atoms with van der Waals surface area (Å²) in [6.07, 6.45) is 9.62. The zero-order valence-electron chi connectivity index (χ0n) is 16.2. The number of aromatic nitrogens is 1. The van der Waals surface area contributed by atoms with Crippen molar-refractivity contribution in [2.75, 3.05) is 19.6 Å². The lowest BCUT2D eigenvalue weighted by molar-refractivity contribution is -0.135. The van der Waals surface area contributed by atoms with Crippen molar-refractivity contribution in [3.63, 3.8) is 0 Å². The molecule has 0 aromatic carbocycles. The number of furan rings is 1. The Morgan fingerprint density at radius 3 is 2.81 bits per heavy atom. The first-order valence-corrected chi connectivity index (χ1v) is 10.1. The first-order chi connectivity index (χ1) is 13.1. The highest BCUT2D eigenvalue weighted by atomic mass is 16.3. The fourth-order valence-electron chi connectivity index (χ4n) is 4.74. The number of carbonyl (C=O) groups excluding carboxylic acids is 1. The molecule has 2 aliphatic heterocycles. The second-order valence-corrected chi connectivity index (χ2v) is 8.04. The molecule has 4 rings (SSSR count). The van der Waals surface area contributed by atoms with Gasteiger partial charge >= 0.3 is 0 Å². The van der Waals surface area contributed by atoms with Gasteiger partial charge in [0.1, 0.15) is 11.5 Å². The molecule has 1 spiro atoms. The third-order valence-electron chi connectivity index (χ3n) is 6.14. The number of likely N-dealkylation sites (tertiary alicyclic amines) is 2. The lowest BCUT2D eigenvalue weighted by Gasteiger charge is -2.46. The van der Waals surface area contributed by atoms with Crippen molar-refractivity contribution in [3.05, 3.63) is 53.7 Å². The van der Waals surface area contributed by atoms with Gasteiger partial charge in [0.2, 0.25) is 5.91 Å². The Balaban J connectivity index is 1.39. The maximum Gasteiger partial charge on any atom is 0.222 e. The summed E-state index contributed by atoms with van der Waals surface area (Å²) in [7, 11) is 0. The number of aryl methyl sites for hydroxylation is 2. The Morgan fingerprint density at radius 2 is 2.07 bits per heavy atom. The van der Waals surface area contributed by atoms with Crippen molar-refractivity contribution in [1.29, 1.82) is 0 Å². The predicted molar refractivity (Wildman–Crippen MR) is 104 cm³/mol. The number of pyridine rings is 1. The van der Waals surface area contributed by atoms with Crippen molar-refractivity contribution in [2.24, 2.45) is 0 Å². The fraction of sp³-hybridized carbons (Fsp3) is 0.545. The Bertz CT molecular complexity index is 773. The second kappa shape index (κ2) is 7.85. The lowest BCUT2D eigenvalue weighted by atomic mass is 9.86. The molecule has 1 amide bonds. The molecule has 0 unspecified atom stereocenters. The van der Waals surface area contributed by atoms with Crippen molar-refractivity contribution in [3.8, 4) is 0 Å². The van der Waals surface area contributed by atoms with Gasteiger partial charge in [0.15, 0.2) is 0 Å². The quantitative estimate of drug-likeness (QED) is 0.811. The zero-order valence-corrected chi connectivity index (χ0v) is 16.2. The van der Waals surface area contributed by atoms with E-state index in [-0.39, 0.29) is 11.4 Å². The van der Waals surface area contributed by atoms with Crippen LogP contribution in [0.3, 0.4) is 0 Å². The van der Waals surface area contributed by atoms with E-state index < -0.39 is 0 Å². The highest BCUT2D eigenvalue weighted by Gasteiger charge is 2.44. The highest BCUT2D eigenvalue weighted by molar-refractivity contribution is 5.76. The first-order valence-electron chi connectivity index (χ1n) is 10.1. The van der Waals surface area contributed by atoms with E-state index in [4.69, 9.17) is 4.42 Å². The third-order valence-corrected chi connectivity index (χ3v) is 6.14. The molecule has 2 saturated heterocycles. The number of rotatable bonds is 5. The first kappa shape index (κ1) is 18.2. The number of hydrogen-bond donors (Lipinski definition) is 0. The molecule has 2 aromatic rings. The van der Waals surface area contributed by atoms with Crippen LogP contribution < -0.4 is 0 Å². The summed E-state index contributed by atoms with van der Waals surface area (Å²) < 4.78 is 5.81. The summed E-state index contributed by atoms with van der Waals surface area (Å²) in [4.78, 5) is 21.7. The van der Waals surface area contributed by atoms with Gasteiger partial charge in [0.25, 0.3) is 0 Å². The monoisotopic (exact) mass is 367 g/mol. The number of nitrogens with zero attached hydrogens (tertiary/aromatic N) is 3. The highest BCUT2D eigenvalue weighted by Crippen LogP contribution is 2.38. The SMILES string of the molecule is Cc1ccc(CN2CCC[C@]23CCCN(C(=O)CCc2cccnc2)C3)o1. The molecule has 0 saturated carbocycles. The average Bonchev–Trinajstić information content (AvgIpc) is 3.27. The number of piperidine rings is 1. The van der Waals surface area contributed by atoms with Gasteiger partial charge in [0, 0.05) is 37.4 Å². The van der Waals surface area contributed by atoms with Crippen LogP contribution in [-0.2, 0) is 17.8 Å². The van der Waals surface area contributed by atoms with Crippen LogP contribution in [0.4, 0.5) is 0 Å². The lowest BCUT2D eigenvalue weighted by Crippen LogP contribution is -2.56. The van der Waals surface area contributed by atoms with E-state index in [1.54, 1.807) is 6.20 Å². The number of hydrogen-bond acceptors (Lipinski definition) is 4. The molecule has 0 bridgehead atoms. The van der Waals surface area contributed by atoms with Crippen molar-refractivity contribution >= 4 is 5.91 Å². The van der Waals surface area contributed by atoms with Gasteiger partial charge in [-0.05, 0) is 69.3 Å². The van der Waals surface area contributed by atoms with E-state index in [2.05, 4.69) is 20.9 Å². The minimum atomic E-state index is 0.128. The topological polar surface area (TPSA) is 49.6 Å². The van der Waals surface area contributed by atoms with Crippen molar-refractivity contribution in [1.82, 2.24) is 14.8 Å². The molecule has 5 nitrogen and oxygen atoms in total. The van der Waals surface area contributed by atoms with Crippen LogP contribution in [0.5, 0.6) is 0 Å². The normalized spacial score (nSPS) is 23.2. The van der Waals surface area contributed by atoms with E-state index in [0.717, 1.165) is 56.1 Å². The van der Waals surface area contributed by atoms with Gasteiger partial charge in [0.05, 0.1) is 6.54 Å². The van der Waals surface area contributed by atoms with Gasteiger partial charge < -0.3 is 9.32 Å². The summed E-state index contributed by atoms with van der Waals surface area (Å²) in [5, 5.41) is 0. The van der Waals surface area contributed by atoms with E-state index in [1.807, 2.05) is 31.3 Å². The maximum atomic E-state index is 12.8. The van der Waals surface area contributed by atoms with Gasteiger partial charge in [-0.1, -0.05) is 6.07 Å². The molecule has 27 heavy (non-hydrogen) atoms. The summed E-state index contributed by atoms with van der Waals surface area (Å²) in [5.41, 5.74) is 1.26. The minimum Gasteiger partial charge on any atom is -0.465 e. The van der Waals surface area contributed by atoms with Gasteiger partial charge in [-0.3, -0.25) is 14.7 Å². The molecule has 2 fully saturated rings. The van der Waals surface area contributed by atoms with E-state index in [9.17, 15) is 4.79 Å². The number of amides is 1. The minimum absolute atomic E-state index is 0.128. The molecule has 5 heteroatoms. The molecule has 0 N–H and O–H groups in total. The van der Waals surface area contributed by atoms with Crippen LogP contribution in [0.2, 0.25) is 0 Å². The largest absolute Gasteiger partial charge is 0.465 e. The molecular weight excluding hydrogens is 338 g/mol. The third kappa shape index (κ3) is 4.08. The molecule has 1 atom stereocenters. The van der Waals surface area contributed by atoms with Gasteiger partial charge in [-0.15, -0.1) is 0 Å². The summed E-state index contributed by atoms with van der Waals surface area (Å²) in [6, 6.07) is 8.10. The second-order valence-electron chi connectivity index (χ2n) is 8.04. The van der Waals surface area contributed by atoms with Crippen LogP contribution in [-0.4, -0.2) is 45.9 Å². The van der Waals surface area contributed by atoms with Crippen LogP contribution >= 0.6 is 0 Å². The van der Waals surface area contributed by atoms with Crippen molar-refractivity contribution in [2.45, 2.75) is 57.5 Å². The molecule has 2 aromatic heterocycles. The van der Waals surface area contributed by atoms with E-state index in [0.29, 0.717) is 6.42 Å². The summed E-state index contributed by atoms with van der Waals surface area (Å²) >= 11 is 0. The molecule has 0 aliphatic carbocycles. The van der Waals surface area contributed by atoms with E-state index >= 15 is 0 Å². The Morgan fingerprint density at radius 1 is 1.22 bits per heavy atom.